The van der Waals surface area contributed by atoms with E-state index < -0.39 is 0 Å². The molecule has 2 heterocycles. The molecule has 1 aliphatic carbocycles. The molecular weight excluding hydrogens is 405 g/mol. The van der Waals surface area contributed by atoms with Crippen molar-refractivity contribution in [3.05, 3.63) is 53.2 Å². The molecule has 1 saturated carbocycles. The van der Waals surface area contributed by atoms with Gasteiger partial charge in [-0.25, -0.2) is 4.39 Å². The van der Waals surface area contributed by atoms with E-state index >= 15 is 4.39 Å². The zero-order valence-electron chi connectivity index (χ0n) is 17.3. The summed E-state index contributed by atoms with van der Waals surface area (Å²) in [6.07, 6.45) is 7.98. The van der Waals surface area contributed by atoms with Crippen LogP contribution >= 0.6 is 23.5 Å². The van der Waals surface area contributed by atoms with Crippen molar-refractivity contribution in [1.29, 1.82) is 0 Å². The molecular formula is C23H27ClFN3S. The molecule has 0 saturated heterocycles. The molecule has 0 bridgehead atoms. The average molecular weight is 432 g/mol. The van der Waals surface area contributed by atoms with Crippen LogP contribution in [-0.2, 0) is 6.54 Å². The zero-order valence-corrected chi connectivity index (χ0v) is 18.9. The summed E-state index contributed by atoms with van der Waals surface area (Å²) in [5, 5.41) is 2.17. The number of aromatic nitrogens is 2. The lowest BCUT2D eigenvalue weighted by atomic mass is 9.97. The summed E-state index contributed by atoms with van der Waals surface area (Å²) in [6.45, 7) is 9.63. The van der Waals surface area contributed by atoms with Gasteiger partial charge in [-0.2, -0.15) is 0 Å². The van der Waals surface area contributed by atoms with Gasteiger partial charge in [-0.1, -0.05) is 44.3 Å². The third kappa shape index (κ3) is 4.62. The van der Waals surface area contributed by atoms with Crippen molar-refractivity contribution in [3.63, 3.8) is 0 Å². The number of halogens is 2. The second-order valence-corrected chi connectivity index (χ2v) is 10.7. The van der Waals surface area contributed by atoms with E-state index in [4.69, 9.17) is 11.6 Å². The molecule has 3 aromatic rings. The first kappa shape index (κ1) is 20.7. The highest BCUT2D eigenvalue weighted by molar-refractivity contribution is 7.98. The van der Waals surface area contributed by atoms with Crippen molar-refractivity contribution < 1.29 is 4.39 Å². The molecule has 1 atom stereocenters. The van der Waals surface area contributed by atoms with E-state index in [-0.39, 0.29) is 17.3 Å². The summed E-state index contributed by atoms with van der Waals surface area (Å²) in [6, 6.07) is 5.41. The summed E-state index contributed by atoms with van der Waals surface area (Å²) in [4.78, 5) is 4.13. The van der Waals surface area contributed by atoms with Crippen LogP contribution in [-0.4, -0.2) is 14.8 Å². The van der Waals surface area contributed by atoms with Crippen LogP contribution in [0.2, 0.25) is 5.02 Å². The fourth-order valence-corrected chi connectivity index (χ4v) is 4.66. The molecule has 1 aliphatic rings. The Morgan fingerprint density at radius 1 is 1.31 bits per heavy atom. The van der Waals surface area contributed by atoms with E-state index in [1.807, 2.05) is 6.07 Å². The van der Waals surface area contributed by atoms with E-state index in [9.17, 15) is 0 Å². The molecule has 6 heteroatoms. The number of nitrogens with zero attached hydrogens (tertiary/aromatic N) is 2. The van der Waals surface area contributed by atoms with Crippen molar-refractivity contribution in [2.75, 3.05) is 0 Å². The number of nitrogens with one attached hydrogen (secondary N) is 1. The summed E-state index contributed by atoms with van der Waals surface area (Å²) in [5.74, 6) is -0.274. The number of fused-ring (bicyclic) bond motifs is 1. The molecule has 0 aliphatic heterocycles. The Morgan fingerprint density at radius 2 is 2.07 bits per heavy atom. The van der Waals surface area contributed by atoms with Crippen LogP contribution in [0.1, 0.15) is 52.1 Å². The fourth-order valence-electron chi connectivity index (χ4n) is 3.55. The highest BCUT2D eigenvalue weighted by Gasteiger charge is 2.25. The van der Waals surface area contributed by atoms with Crippen molar-refractivity contribution in [2.24, 2.45) is 5.41 Å². The van der Waals surface area contributed by atoms with Crippen LogP contribution in [0.4, 0.5) is 4.39 Å². The van der Waals surface area contributed by atoms with E-state index in [0.29, 0.717) is 16.1 Å². The third-order valence-electron chi connectivity index (χ3n) is 5.11. The van der Waals surface area contributed by atoms with Crippen LogP contribution < -0.4 is 4.72 Å². The van der Waals surface area contributed by atoms with E-state index in [1.54, 1.807) is 36.5 Å². The Balaban J connectivity index is 1.82. The standard InChI is InChI=1S/C23H27ClFN3S/c1-14(27-29-15-5-6-15)19-12-28(13-23(2,3)4)22-10-16(21(25)9-17(19)22)18-11-26-8-7-20(18)24/h7-12,14-15,27H,5-6,13H2,1-4H3. The van der Waals surface area contributed by atoms with E-state index in [2.05, 4.69) is 48.2 Å². The van der Waals surface area contributed by atoms with E-state index in [0.717, 1.165) is 28.3 Å². The number of pyridine rings is 1. The number of benzene rings is 1. The maximum absolute atomic E-state index is 15.2. The van der Waals surface area contributed by atoms with Gasteiger partial charge in [-0.15, -0.1) is 0 Å². The summed E-state index contributed by atoms with van der Waals surface area (Å²) >= 11 is 8.14. The molecule has 4 rings (SSSR count). The maximum Gasteiger partial charge on any atom is 0.131 e. The molecule has 0 spiro atoms. The highest BCUT2D eigenvalue weighted by Crippen LogP contribution is 2.38. The monoisotopic (exact) mass is 431 g/mol. The summed E-state index contributed by atoms with van der Waals surface area (Å²) < 4.78 is 21.0. The molecule has 1 unspecified atom stereocenters. The van der Waals surface area contributed by atoms with Gasteiger partial charge in [0.1, 0.15) is 5.82 Å². The Bertz CT molecular complexity index is 1040. The quantitative estimate of drug-likeness (QED) is 0.426. The normalized spacial score (nSPS) is 15.8. The maximum atomic E-state index is 15.2. The number of hydrogen-bond acceptors (Lipinski definition) is 3. The SMILES string of the molecule is CC(NSC1CC1)c1cn(CC(C)(C)C)c2cc(-c3cnccc3Cl)c(F)cc12. The smallest absolute Gasteiger partial charge is 0.131 e. The van der Waals surface area contributed by atoms with Crippen LogP contribution in [0, 0.1) is 11.2 Å². The van der Waals surface area contributed by atoms with Gasteiger partial charge >= 0.3 is 0 Å². The largest absolute Gasteiger partial charge is 0.347 e. The van der Waals surface area contributed by atoms with E-state index in [1.165, 1.54) is 12.8 Å². The number of rotatable bonds is 6. The lowest BCUT2D eigenvalue weighted by Crippen LogP contribution is -2.15. The second kappa shape index (κ2) is 7.93. The number of hydrogen-bond donors (Lipinski definition) is 1. The topological polar surface area (TPSA) is 29.9 Å². The van der Waals surface area contributed by atoms with Crippen molar-refractivity contribution in [2.45, 2.75) is 58.4 Å². The van der Waals surface area contributed by atoms with Crippen LogP contribution in [0.25, 0.3) is 22.0 Å². The summed E-state index contributed by atoms with van der Waals surface area (Å²) in [7, 11) is 0. The lowest BCUT2D eigenvalue weighted by molar-refractivity contribution is 0.349. The van der Waals surface area contributed by atoms with Crippen molar-refractivity contribution >= 4 is 34.5 Å². The van der Waals surface area contributed by atoms with Crippen LogP contribution in [0.15, 0.2) is 36.8 Å². The molecule has 3 nitrogen and oxygen atoms in total. The van der Waals surface area contributed by atoms with Crippen LogP contribution in [0.5, 0.6) is 0 Å². The molecule has 0 radical (unpaired) electrons. The minimum atomic E-state index is -0.274. The first-order valence-corrected chi connectivity index (χ1v) is 11.3. The molecule has 29 heavy (non-hydrogen) atoms. The lowest BCUT2D eigenvalue weighted by Gasteiger charge is -2.20. The van der Waals surface area contributed by atoms with Gasteiger partial charge in [-0.05, 0) is 48.9 Å². The Hall–Kier alpha value is -1.56. The molecule has 154 valence electrons. The third-order valence-corrected chi connectivity index (χ3v) is 6.73. The minimum absolute atomic E-state index is 0.100. The predicted molar refractivity (Wildman–Crippen MR) is 122 cm³/mol. The minimum Gasteiger partial charge on any atom is -0.347 e. The second-order valence-electron chi connectivity index (χ2n) is 9.13. The molecule has 2 aromatic heterocycles. The first-order valence-electron chi connectivity index (χ1n) is 10.1. The fraction of sp³-hybridized carbons (Fsp3) is 0.435. The molecule has 1 N–H and O–H groups in total. The van der Waals surface area contributed by atoms with Crippen LogP contribution in [0.3, 0.4) is 0 Å². The van der Waals surface area contributed by atoms with Gasteiger partial charge in [0, 0.05) is 58.5 Å². The highest BCUT2D eigenvalue weighted by atomic mass is 35.5. The molecule has 1 fully saturated rings. The van der Waals surface area contributed by atoms with Gasteiger partial charge in [0.05, 0.1) is 5.02 Å². The predicted octanol–water partition coefficient (Wildman–Crippen LogP) is 7.00. The van der Waals surface area contributed by atoms with Gasteiger partial charge in [0.2, 0.25) is 0 Å². The first-order chi connectivity index (χ1) is 13.7. The Labute approximate surface area is 181 Å². The average Bonchev–Trinajstić information content (AvgIpc) is 3.42. The van der Waals surface area contributed by atoms with Gasteiger partial charge in [0.25, 0.3) is 0 Å². The van der Waals surface area contributed by atoms with Gasteiger partial charge in [0.15, 0.2) is 0 Å². The molecule has 1 aromatic carbocycles. The Kier molecular flexibility index (Phi) is 5.66. The van der Waals surface area contributed by atoms with Crippen molar-refractivity contribution in [1.82, 2.24) is 14.3 Å². The zero-order chi connectivity index (χ0) is 20.8. The van der Waals surface area contributed by atoms with Gasteiger partial charge < -0.3 is 4.57 Å². The van der Waals surface area contributed by atoms with Gasteiger partial charge in [-0.3, -0.25) is 9.71 Å². The summed E-state index contributed by atoms with van der Waals surface area (Å²) in [5.41, 5.74) is 3.36. The Morgan fingerprint density at radius 3 is 2.72 bits per heavy atom. The van der Waals surface area contributed by atoms with Crippen molar-refractivity contribution in [3.8, 4) is 11.1 Å². The molecule has 0 amide bonds.